The lowest BCUT2D eigenvalue weighted by atomic mass is 9.90. The molecule has 1 atom stereocenters. The summed E-state index contributed by atoms with van der Waals surface area (Å²) in [6.07, 6.45) is 2.45. The van der Waals surface area contributed by atoms with E-state index < -0.39 is 0 Å². The van der Waals surface area contributed by atoms with Crippen LogP contribution in [-0.2, 0) is 0 Å². The van der Waals surface area contributed by atoms with Crippen molar-refractivity contribution in [1.82, 2.24) is 0 Å². The van der Waals surface area contributed by atoms with Crippen LogP contribution in [0.4, 0.5) is 0 Å². The molecule has 0 radical (unpaired) electrons. The number of hydrogen-bond acceptors (Lipinski definition) is 0. The molecule has 0 amide bonds. The van der Waals surface area contributed by atoms with E-state index >= 15 is 0 Å². The first kappa shape index (κ1) is 5.69. The molecule has 0 aromatic carbocycles. The highest BCUT2D eigenvalue weighted by atomic mass is 14.1. The molecule has 0 aromatic heterocycles. The Morgan fingerprint density at radius 1 is 1.62 bits per heavy atom. The van der Waals surface area contributed by atoms with E-state index in [1.807, 2.05) is 0 Å². The second kappa shape index (κ2) is 2.22. The fourth-order valence-electron chi connectivity index (χ4n) is 0.958. The van der Waals surface area contributed by atoms with Crippen LogP contribution in [-0.4, -0.2) is 0 Å². The largest absolute Gasteiger partial charge is 0.102 e. The minimum Gasteiger partial charge on any atom is -0.102 e. The van der Waals surface area contributed by atoms with Crippen molar-refractivity contribution in [3.8, 4) is 11.8 Å². The van der Waals surface area contributed by atoms with Gasteiger partial charge in [0.15, 0.2) is 0 Å². The lowest BCUT2D eigenvalue weighted by Gasteiger charge is -2.14. The Balaban J connectivity index is 2.15. The quantitative estimate of drug-likeness (QED) is 0.475. The minimum absolute atomic E-state index is 0.745. The van der Waals surface area contributed by atoms with Crippen LogP contribution in [0.1, 0.15) is 26.7 Å². The fourth-order valence-corrected chi connectivity index (χ4v) is 0.958. The Labute approximate surface area is 51.3 Å². The van der Waals surface area contributed by atoms with Crippen molar-refractivity contribution >= 4 is 0 Å². The van der Waals surface area contributed by atoms with Crippen molar-refractivity contribution in [2.45, 2.75) is 26.7 Å². The van der Waals surface area contributed by atoms with Crippen LogP contribution < -0.4 is 0 Å². The summed E-state index contributed by atoms with van der Waals surface area (Å²) in [4.78, 5) is 0. The molecule has 0 aliphatic heterocycles. The van der Waals surface area contributed by atoms with Gasteiger partial charge in [-0.3, -0.25) is 0 Å². The van der Waals surface area contributed by atoms with Gasteiger partial charge in [-0.2, -0.15) is 0 Å². The first-order chi connectivity index (χ1) is 3.79. The zero-order valence-electron chi connectivity index (χ0n) is 5.57. The molecule has 1 rings (SSSR count). The first-order valence-corrected chi connectivity index (χ1v) is 3.27. The molecule has 8 heavy (non-hydrogen) atoms. The second-order valence-electron chi connectivity index (χ2n) is 2.85. The highest BCUT2D eigenvalue weighted by molar-refractivity contribution is 5.16. The van der Waals surface area contributed by atoms with Crippen LogP contribution >= 0.6 is 0 Å². The summed E-state index contributed by atoms with van der Waals surface area (Å²) in [6.45, 7) is 4.50. The van der Waals surface area contributed by atoms with Crippen LogP contribution in [0.25, 0.3) is 0 Å². The molecular formula is C8H12. The van der Waals surface area contributed by atoms with Gasteiger partial charge in [-0.15, -0.1) is 5.92 Å². The van der Waals surface area contributed by atoms with Gasteiger partial charge in [0.25, 0.3) is 0 Å². The molecule has 0 saturated heterocycles. The summed E-state index contributed by atoms with van der Waals surface area (Å²) >= 11 is 0. The van der Waals surface area contributed by atoms with Gasteiger partial charge in [0.1, 0.15) is 0 Å². The van der Waals surface area contributed by atoms with Crippen molar-refractivity contribution < 1.29 is 0 Å². The fraction of sp³-hybridized carbons (Fsp3) is 0.750. The maximum atomic E-state index is 3.13. The average molecular weight is 108 g/mol. The molecule has 0 heteroatoms. The van der Waals surface area contributed by atoms with Gasteiger partial charge < -0.3 is 0 Å². The van der Waals surface area contributed by atoms with Gasteiger partial charge in [-0.1, -0.05) is 19.8 Å². The van der Waals surface area contributed by atoms with Crippen LogP contribution in [0.2, 0.25) is 0 Å². The summed E-state index contributed by atoms with van der Waals surface area (Å²) in [5.74, 6) is 7.72. The van der Waals surface area contributed by atoms with Crippen LogP contribution in [0, 0.1) is 23.7 Å². The topological polar surface area (TPSA) is 0 Å². The molecule has 1 unspecified atom stereocenters. The Hall–Kier alpha value is -0.440. The molecule has 0 saturated carbocycles. The second-order valence-corrected chi connectivity index (χ2v) is 2.85. The zero-order valence-corrected chi connectivity index (χ0v) is 5.57. The molecular weight excluding hydrogens is 96.1 g/mol. The molecule has 0 spiro atoms. The van der Waals surface area contributed by atoms with Crippen molar-refractivity contribution in [3.63, 3.8) is 0 Å². The Kier molecular flexibility index (Phi) is 1.58. The van der Waals surface area contributed by atoms with E-state index in [0.29, 0.717) is 0 Å². The van der Waals surface area contributed by atoms with E-state index in [1.165, 1.54) is 6.42 Å². The number of rotatable bonds is 2. The molecule has 0 fully saturated rings. The third-order valence-electron chi connectivity index (χ3n) is 1.41. The van der Waals surface area contributed by atoms with Crippen molar-refractivity contribution in [3.05, 3.63) is 0 Å². The van der Waals surface area contributed by atoms with Crippen LogP contribution in [0.5, 0.6) is 0 Å². The van der Waals surface area contributed by atoms with E-state index in [1.54, 1.807) is 0 Å². The normalized spacial score (nSPS) is 24.1. The Morgan fingerprint density at radius 2 is 2.25 bits per heavy atom. The van der Waals surface area contributed by atoms with Crippen LogP contribution in [0.15, 0.2) is 0 Å². The molecule has 0 aromatic rings. The molecule has 0 heterocycles. The van der Waals surface area contributed by atoms with E-state index in [2.05, 4.69) is 25.7 Å². The summed E-state index contributed by atoms with van der Waals surface area (Å²) in [5, 5.41) is 0. The van der Waals surface area contributed by atoms with Gasteiger partial charge in [0, 0.05) is 12.3 Å². The summed E-state index contributed by atoms with van der Waals surface area (Å²) in [5.41, 5.74) is 0. The van der Waals surface area contributed by atoms with E-state index in [4.69, 9.17) is 0 Å². The van der Waals surface area contributed by atoms with Crippen molar-refractivity contribution in [2.24, 2.45) is 11.8 Å². The molecule has 0 nitrogen and oxygen atoms in total. The summed E-state index contributed by atoms with van der Waals surface area (Å²) < 4.78 is 0. The maximum Gasteiger partial charge on any atom is 0.0314 e. The molecule has 0 N–H and O–H groups in total. The Morgan fingerprint density at radius 3 is 2.38 bits per heavy atom. The highest BCUT2D eigenvalue weighted by Gasteiger charge is 2.10. The van der Waals surface area contributed by atoms with Crippen LogP contribution in [0.3, 0.4) is 0 Å². The first-order valence-electron chi connectivity index (χ1n) is 3.27. The van der Waals surface area contributed by atoms with Crippen molar-refractivity contribution in [1.29, 1.82) is 0 Å². The van der Waals surface area contributed by atoms with E-state index in [9.17, 15) is 0 Å². The van der Waals surface area contributed by atoms with E-state index in [0.717, 1.165) is 18.3 Å². The van der Waals surface area contributed by atoms with Gasteiger partial charge in [0.05, 0.1) is 0 Å². The lowest BCUT2D eigenvalue weighted by Crippen LogP contribution is -2.06. The molecule has 1 aliphatic rings. The van der Waals surface area contributed by atoms with Gasteiger partial charge >= 0.3 is 0 Å². The predicted molar refractivity (Wildman–Crippen MR) is 35.3 cm³/mol. The average Bonchev–Trinajstić information content (AvgIpc) is 1.55. The smallest absolute Gasteiger partial charge is 0.0314 e. The SMILES string of the molecule is CC(C)CC1C#CC1. The van der Waals surface area contributed by atoms with Gasteiger partial charge in [-0.25, -0.2) is 0 Å². The maximum absolute atomic E-state index is 3.13. The predicted octanol–water partition coefficient (Wildman–Crippen LogP) is 2.06. The standard InChI is InChI=1S/C8H12/c1-7(2)6-8-4-3-5-8/h7-8H,4,6H2,1-2H3. The van der Waals surface area contributed by atoms with Crippen molar-refractivity contribution in [2.75, 3.05) is 0 Å². The molecule has 44 valence electrons. The third-order valence-corrected chi connectivity index (χ3v) is 1.41. The molecule has 1 aliphatic carbocycles. The Bertz CT molecular complexity index is 123. The van der Waals surface area contributed by atoms with Gasteiger partial charge in [0.2, 0.25) is 0 Å². The minimum atomic E-state index is 0.745. The highest BCUT2D eigenvalue weighted by Crippen LogP contribution is 2.18. The summed E-state index contributed by atoms with van der Waals surface area (Å²) in [7, 11) is 0. The monoisotopic (exact) mass is 108 g/mol. The number of hydrogen-bond donors (Lipinski definition) is 0. The zero-order chi connectivity index (χ0) is 5.98. The summed E-state index contributed by atoms with van der Waals surface area (Å²) in [6, 6.07) is 0. The third kappa shape index (κ3) is 1.26. The lowest BCUT2D eigenvalue weighted by molar-refractivity contribution is 0.480. The van der Waals surface area contributed by atoms with Gasteiger partial charge in [-0.05, 0) is 12.3 Å². The molecule has 0 bridgehead atoms. The van der Waals surface area contributed by atoms with E-state index in [-0.39, 0.29) is 0 Å².